The summed E-state index contributed by atoms with van der Waals surface area (Å²) in [7, 11) is 0. The van der Waals surface area contributed by atoms with Gasteiger partial charge in [0.2, 0.25) is 0 Å². The molecule has 0 bridgehead atoms. The van der Waals surface area contributed by atoms with Gasteiger partial charge in [-0.15, -0.1) is 0 Å². The highest BCUT2D eigenvalue weighted by molar-refractivity contribution is 4.97. The van der Waals surface area contributed by atoms with Crippen LogP contribution in [0.3, 0.4) is 0 Å². The zero-order chi connectivity index (χ0) is 14.2. The maximum atomic E-state index is 1.60. The average molecular weight is 289 g/mol. The van der Waals surface area contributed by atoms with Gasteiger partial charge in [0.05, 0.1) is 0 Å². The summed E-state index contributed by atoms with van der Waals surface area (Å²) < 4.78 is 0. The summed E-state index contributed by atoms with van der Waals surface area (Å²) in [4.78, 5) is 0. The molecule has 0 aromatic carbocycles. The predicted molar refractivity (Wildman–Crippen MR) is 90.4 cm³/mol. The van der Waals surface area contributed by atoms with Crippen molar-refractivity contribution in [2.75, 3.05) is 0 Å². The lowest BCUT2D eigenvalue weighted by Gasteiger charge is -2.34. The second kappa shape index (κ2) is 5.57. The molecule has 120 valence electrons. The van der Waals surface area contributed by atoms with Crippen LogP contribution in [0.5, 0.6) is 0 Å². The highest BCUT2D eigenvalue weighted by Crippen LogP contribution is 2.58. The van der Waals surface area contributed by atoms with Gasteiger partial charge in [0.25, 0.3) is 0 Å². The van der Waals surface area contributed by atoms with E-state index in [-0.39, 0.29) is 0 Å². The molecule has 0 N–H and O–H groups in total. The molecule has 4 saturated carbocycles. The van der Waals surface area contributed by atoms with Crippen LogP contribution in [0.25, 0.3) is 0 Å². The van der Waals surface area contributed by atoms with Gasteiger partial charge in [0.1, 0.15) is 0 Å². The van der Waals surface area contributed by atoms with Gasteiger partial charge in [0.15, 0.2) is 0 Å². The summed E-state index contributed by atoms with van der Waals surface area (Å²) in [5, 5.41) is 0. The molecule has 0 nitrogen and oxygen atoms in total. The van der Waals surface area contributed by atoms with E-state index in [9.17, 15) is 0 Å². The Bertz CT molecular complexity index is 273. The van der Waals surface area contributed by atoms with Gasteiger partial charge in [-0.2, -0.15) is 0 Å². The summed E-state index contributed by atoms with van der Waals surface area (Å²) in [6.07, 6.45) is 28.3. The predicted octanol–water partition coefficient (Wildman–Crippen LogP) is 7.02. The molecule has 0 aromatic heterocycles. The average Bonchev–Trinajstić information content (AvgIpc) is 3.24. The fourth-order valence-electron chi connectivity index (χ4n) is 6.84. The summed E-state index contributed by atoms with van der Waals surface area (Å²) in [5.41, 5.74) is 2.40. The normalized spacial score (nSPS) is 34.3. The van der Waals surface area contributed by atoms with E-state index < -0.39 is 0 Å². The minimum Gasteiger partial charge on any atom is -0.0528 e. The molecule has 0 aromatic rings. The fourth-order valence-corrected chi connectivity index (χ4v) is 6.84. The van der Waals surface area contributed by atoms with Crippen molar-refractivity contribution in [1.82, 2.24) is 0 Å². The molecule has 4 aliphatic rings. The van der Waals surface area contributed by atoms with Crippen LogP contribution in [0, 0.1) is 16.2 Å². The SMILES string of the molecule is C1CCC2(C1)CCC1(CCCC1)CCC1(CCCC1)CC2. The van der Waals surface area contributed by atoms with Crippen molar-refractivity contribution in [3.05, 3.63) is 0 Å². The van der Waals surface area contributed by atoms with Crippen LogP contribution in [0.15, 0.2) is 0 Å². The molecule has 0 aliphatic heterocycles. The Morgan fingerprint density at radius 3 is 0.619 bits per heavy atom. The van der Waals surface area contributed by atoms with Crippen LogP contribution in [0.4, 0.5) is 0 Å². The van der Waals surface area contributed by atoms with Gasteiger partial charge in [-0.3, -0.25) is 0 Å². The molecule has 4 fully saturated rings. The molecular formula is C21H36. The first-order valence-electron chi connectivity index (χ1n) is 10.2. The van der Waals surface area contributed by atoms with E-state index in [0.717, 1.165) is 16.2 Å². The maximum Gasteiger partial charge on any atom is -0.0297 e. The van der Waals surface area contributed by atoms with Crippen molar-refractivity contribution in [3.63, 3.8) is 0 Å². The van der Waals surface area contributed by atoms with E-state index in [1.54, 1.807) is 116 Å². The smallest absolute Gasteiger partial charge is 0.0297 e. The Kier molecular flexibility index (Phi) is 3.87. The summed E-state index contributed by atoms with van der Waals surface area (Å²) >= 11 is 0. The zero-order valence-electron chi connectivity index (χ0n) is 14.2. The Morgan fingerprint density at radius 2 is 0.429 bits per heavy atom. The van der Waals surface area contributed by atoms with Crippen molar-refractivity contribution in [2.24, 2.45) is 16.2 Å². The molecule has 0 saturated heterocycles. The Labute approximate surface area is 132 Å². The van der Waals surface area contributed by atoms with Crippen LogP contribution < -0.4 is 0 Å². The maximum absolute atomic E-state index is 1.60. The quantitative estimate of drug-likeness (QED) is 0.449. The molecule has 0 unspecified atom stereocenters. The van der Waals surface area contributed by atoms with Crippen LogP contribution in [-0.4, -0.2) is 0 Å². The van der Waals surface area contributed by atoms with Gasteiger partial charge in [-0.1, -0.05) is 38.5 Å². The Morgan fingerprint density at radius 1 is 0.238 bits per heavy atom. The third-order valence-electron chi connectivity index (χ3n) is 8.55. The molecule has 0 heteroatoms. The van der Waals surface area contributed by atoms with Crippen molar-refractivity contribution >= 4 is 0 Å². The van der Waals surface area contributed by atoms with Crippen LogP contribution in [0.1, 0.15) is 116 Å². The minimum absolute atomic E-state index is 0.801. The van der Waals surface area contributed by atoms with Gasteiger partial charge < -0.3 is 0 Å². The lowest BCUT2D eigenvalue weighted by molar-refractivity contribution is 0.173. The highest BCUT2D eigenvalue weighted by Gasteiger charge is 2.45. The van der Waals surface area contributed by atoms with E-state index in [0.29, 0.717) is 0 Å². The third kappa shape index (κ3) is 2.81. The Balaban J connectivity index is 1.57. The standard InChI is InChI=1S/C21H36/c1-2-8-19(7-1)13-15-20(9-3-4-10-20)17-18-21(16-14-19)11-5-6-12-21/h1-18H2. The van der Waals surface area contributed by atoms with E-state index in [2.05, 4.69) is 0 Å². The second-order valence-corrected chi connectivity index (χ2v) is 9.62. The molecule has 0 atom stereocenters. The summed E-state index contributed by atoms with van der Waals surface area (Å²) in [5.74, 6) is 0. The molecule has 0 heterocycles. The van der Waals surface area contributed by atoms with Gasteiger partial charge in [-0.25, -0.2) is 0 Å². The van der Waals surface area contributed by atoms with Crippen LogP contribution >= 0.6 is 0 Å². The van der Waals surface area contributed by atoms with Gasteiger partial charge in [-0.05, 0) is 93.3 Å². The van der Waals surface area contributed by atoms with Crippen molar-refractivity contribution < 1.29 is 0 Å². The second-order valence-electron chi connectivity index (χ2n) is 9.62. The number of hydrogen-bond acceptors (Lipinski definition) is 0. The molecule has 0 amide bonds. The first-order valence-corrected chi connectivity index (χ1v) is 10.2. The van der Waals surface area contributed by atoms with E-state index in [1.807, 2.05) is 0 Å². The number of rotatable bonds is 0. The summed E-state index contributed by atoms with van der Waals surface area (Å²) in [6.45, 7) is 0. The first-order chi connectivity index (χ1) is 10.2. The largest absolute Gasteiger partial charge is 0.0528 e. The third-order valence-corrected chi connectivity index (χ3v) is 8.55. The van der Waals surface area contributed by atoms with Crippen molar-refractivity contribution in [1.29, 1.82) is 0 Å². The molecule has 3 spiro atoms. The van der Waals surface area contributed by atoms with Crippen molar-refractivity contribution in [2.45, 2.75) is 116 Å². The zero-order valence-corrected chi connectivity index (χ0v) is 14.2. The van der Waals surface area contributed by atoms with Crippen molar-refractivity contribution in [3.8, 4) is 0 Å². The van der Waals surface area contributed by atoms with E-state index in [1.165, 1.54) is 0 Å². The van der Waals surface area contributed by atoms with Crippen LogP contribution in [-0.2, 0) is 0 Å². The molecular weight excluding hydrogens is 252 g/mol. The first kappa shape index (κ1) is 14.6. The molecule has 0 radical (unpaired) electrons. The monoisotopic (exact) mass is 288 g/mol. The molecule has 21 heavy (non-hydrogen) atoms. The highest BCUT2D eigenvalue weighted by atomic mass is 14.5. The number of hydrogen-bond donors (Lipinski definition) is 0. The van der Waals surface area contributed by atoms with Gasteiger partial charge >= 0.3 is 0 Å². The lowest BCUT2D eigenvalue weighted by Crippen LogP contribution is -2.22. The van der Waals surface area contributed by atoms with E-state index in [4.69, 9.17) is 0 Å². The lowest BCUT2D eigenvalue weighted by atomic mass is 9.71. The molecule has 4 aliphatic carbocycles. The topological polar surface area (TPSA) is 0 Å². The Hall–Kier alpha value is 0. The van der Waals surface area contributed by atoms with E-state index >= 15 is 0 Å². The summed E-state index contributed by atoms with van der Waals surface area (Å²) in [6, 6.07) is 0. The van der Waals surface area contributed by atoms with Gasteiger partial charge in [0, 0.05) is 0 Å². The fraction of sp³-hybridized carbons (Fsp3) is 1.00. The molecule has 4 rings (SSSR count). The minimum atomic E-state index is 0.801. The van der Waals surface area contributed by atoms with Crippen LogP contribution in [0.2, 0.25) is 0 Å².